The number of ether oxygens (including phenoxy) is 2. The minimum absolute atomic E-state index is 0.198. The Morgan fingerprint density at radius 2 is 1.26 bits per heavy atom. The second-order valence-corrected chi connectivity index (χ2v) is 20.4. The summed E-state index contributed by atoms with van der Waals surface area (Å²) in [6.45, 7) is -1.48. The molecule has 2 aromatic heterocycles. The van der Waals surface area contributed by atoms with Gasteiger partial charge in [0.25, 0.3) is 5.91 Å². The Morgan fingerprint density at radius 1 is 0.762 bits per heavy atom. The number of piperazine rings is 1. The van der Waals surface area contributed by atoms with E-state index >= 15 is 8.78 Å². The van der Waals surface area contributed by atoms with Crippen molar-refractivity contribution in [3.8, 4) is 23.1 Å². The largest absolute Gasteiger partial charge is 0.490 e. The first-order chi connectivity index (χ1) is 38.9. The van der Waals surface area contributed by atoms with Gasteiger partial charge in [-0.05, 0) is 95.0 Å². The standard InChI is InChI=1S/C50H56F10N10O7.C2HF3O2/c1-47(2,49(55,56)57)40(64-45(74)76-5)42(72)63-37(19-28-10-7-27(8-11-28)9-12-29-13-16-39(61-22-29)68-23-31-14-15-32(24-68)62-31)38(71)26-69(67-43(73)41(65-46(75)77-6)48(3,4)50(58,59)60)25-33-34(51)20-30(21-35(33)52)36-17-18-70(66-36)44(53)54;3-2(4,5)1(6)7/h7-8,10-11,13,16-18,20-22,31-32,37-38,40-41,44,62,71H,14-15,19,23-26H2,1-6H3,(H,63,72)(H,64,74)(H,65,75)(H,67,73);(H,6,7)/t31?,32?,37-,38-,40+,41+;/m0./s1. The minimum atomic E-state index is -5.23. The van der Waals surface area contributed by atoms with E-state index in [1.165, 1.54) is 24.3 Å². The molecule has 0 spiro atoms. The van der Waals surface area contributed by atoms with E-state index in [1.54, 1.807) is 11.5 Å². The maximum Gasteiger partial charge on any atom is 0.490 e. The SMILES string of the molecule is COC(=O)N[C@H](C(=O)N[C@@H](Cc1ccc(C#Cc2ccc(N3CC4CCC(C3)N4)nc2)cc1)[C@@H](O)CN(Cc1c(F)cc(-c2ccn(C(F)F)n2)cc1F)NC(=O)[C@@H](NC(=O)OC)C(C)(C)C(F)(F)F)C(C)(C)C(F)(F)F.O=C(O)C(F)(F)F. The molecule has 4 aromatic rings. The van der Waals surface area contributed by atoms with Crippen LogP contribution in [0.2, 0.25) is 0 Å². The van der Waals surface area contributed by atoms with E-state index in [2.05, 4.69) is 46.9 Å². The van der Waals surface area contributed by atoms with Crippen molar-refractivity contribution in [2.75, 3.05) is 38.8 Å². The van der Waals surface area contributed by atoms with Gasteiger partial charge in [-0.1, -0.05) is 24.0 Å². The zero-order chi connectivity index (χ0) is 62.9. The first-order valence-electron chi connectivity index (χ1n) is 25.0. The molecular weight excluding hydrogens is 1160 g/mol. The summed E-state index contributed by atoms with van der Waals surface area (Å²) < 4.78 is 186. The molecule has 32 heteroatoms. The molecule has 2 bridgehead atoms. The normalized spacial score (nSPS) is 16.9. The predicted octanol–water partition coefficient (Wildman–Crippen LogP) is 7.14. The Bertz CT molecular complexity index is 2990. The highest BCUT2D eigenvalue weighted by molar-refractivity contribution is 5.87. The molecule has 460 valence electrons. The number of aliphatic carboxylic acids is 1. The summed E-state index contributed by atoms with van der Waals surface area (Å²) in [7, 11) is 1.60. The molecule has 84 heavy (non-hydrogen) atoms. The molecule has 2 fully saturated rings. The maximum atomic E-state index is 16.0. The number of benzene rings is 2. The fourth-order valence-corrected chi connectivity index (χ4v) is 8.55. The van der Waals surface area contributed by atoms with Gasteiger partial charge in [-0.3, -0.25) is 15.0 Å². The number of methoxy groups -OCH3 is 2. The number of rotatable bonds is 18. The number of carbonyl (C=O) groups excluding carboxylic acids is 4. The van der Waals surface area contributed by atoms with Crippen LogP contribution in [0, 0.1) is 34.3 Å². The Hall–Kier alpha value is -7.92. The van der Waals surface area contributed by atoms with Gasteiger partial charge < -0.3 is 45.9 Å². The number of hydrogen-bond acceptors (Lipinski definition) is 13. The van der Waals surface area contributed by atoms with Crippen LogP contribution in [0.4, 0.5) is 72.5 Å². The highest BCUT2D eigenvalue weighted by Crippen LogP contribution is 2.42. The average Bonchev–Trinajstić information content (AvgIpc) is 1.86. The molecule has 6 atom stereocenters. The molecule has 19 nitrogen and oxygen atoms in total. The van der Waals surface area contributed by atoms with Crippen LogP contribution < -0.4 is 31.6 Å². The first kappa shape index (κ1) is 66.9. The second kappa shape index (κ2) is 27.2. The van der Waals surface area contributed by atoms with E-state index in [4.69, 9.17) is 9.90 Å². The number of alkyl halides is 11. The zero-order valence-corrected chi connectivity index (χ0v) is 45.2. The molecule has 2 saturated heterocycles. The Kier molecular flexibility index (Phi) is 21.7. The predicted molar refractivity (Wildman–Crippen MR) is 270 cm³/mol. The average molecular weight is 1210 g/mol. The lowest BCUT2D eigenvalue weighted by molar-refractivity contribution is -0.221. The lowest BCUT2D eigenvalue weighted by atomic mass is 9.82. The Balaban J connectivity index is 0.00000173. The molecule has 4 heterocycles. The third-order valence-electron chi connectivity index (χ3n) is 13.7. The summed E-state index contributed by atoms with van der Waals surface area (Å²) in [5.74, 6) is -2.03. The number of alkyl carbamates (subject to hydrolysis) is 2. The lowest BCUT2D eigenvalue weighted by Crippen LogP contribution is -2.63. The number of carboxylic acids is 1. The number of aliphatic hydroxyl groups excluding tert-OH is 1. The lowest BCUT2D eigenvalue weighted by Gasteiger charge is -2.38. The summed E-state index contributed by atoms with van der Waals surface area (Å²) in [5.41, 5.74) is -4.41. The topological polar surface area (TPSA) is 242 Å². The van der Waals surface area contributed by atoms with Crippen molar-refractivity contribution in [1.82, 2.24) is 46.5 Å². The number of hydrazine groups is 1. The van der Waals surface area contributed by atoms with Crippen LogP contribution in [0.5, 0.6) is 0 Å². The third kappa shape index (κ3) is 17.3. The van der Waals surface area contributed by atoms with E-state index < -0.39 is 127 Å². The molecule has 4 amide bonds. The maximum absolute atomic E-state index is 16.0. The number of fused-ring (bicyclic) bond motifs is 2. The van der Waals surface area contributed by atoms with Crippen molar-refractivity contribution in [3.63, 3.8) is 0 Å². The quantitative estimate of drug-likeness (QED) is 0.0298. The Labute approximate surface area is 470 Å². The number of halogens is 13. The molecule has 2 unspecified atom stereocenters. The van der Waals surface area contributed by atoms with Crippen molar-refractivity contribution in [2.24, 2.45) is 10.8 Å². The molecule has 2 aliphatic heterocycles. The fraction of sp³-hybridized carbons (Fsp3) is 0.481. The summed E-state index contributed by atoms with van der Waals surface area (Å²) in [4.78, 5) is 68.4. The number of carboxylic acid groups (broad SMARTS) is 1. The molecule has 2 aliphatic rings. The van der Waals surface area contributed by atoms with Gasteiger partial charge in [0.2, 0.25) is 5.91 Å². The fourth-order valence-electron chi connectivity index (χ4n) is 8.55. The number of carbonyl (C=O) groups is 5. The van der Waals surface area contributed by atoms with Gasteiger partial charge in [0.15, 0.2) is 0 Å². The van der Waals surface area contributed by atoms with Crippen LogP contribution >= 0.6 is 0 Å². The summed E-state index contributed by atoms with van der Waals surface area (Å²) in [6, 6.07) is 6.08. The van der Waals surface area contributed by atoms with Crippen molar-refractivity contribution >= 4 is 35.8 Å². The van der Waals surface area contributed by atoms with Gasteiger partial charge in [0, 0.05) is 72.9 Å². The van der Waals surface area contributed by atoms with Gasteiger partial charge >= 0.3 is 43.2 Å². The molecular formula is C52H57F13N10O9. The van der Waals surface area contributed by atoms with E-state index in [-0.39, 0.29) is 21.5 Å². The second-order valence-electron chi connectivity index (χ2n) is 20.4. The molecule has 7 N–H and O–H groups in total. The third-order valence-corrected chi connectivity index (χ3v) is 13.7. The van der Waals surface area contributed by atoms with Crippen LogP contribution in [-0.4, -0.2) is 149 Å². The van der Waals surface area contributed by atoms with Crippen LogP contribution in [0.15, 0.2) is 67.0 Å². The van der Waals surface area contributed by atoms with E-state index in [9.17, 15) is 72.6 Å². The van der Waals surface area contributed by atoms with Gasteiger partial charge in [-0.25, -0.2) is 37.8 Å². The number of nitrogens with zero attached hydrogens (tertiary/aromatic N) is 5. The summed E-state index contributed by atoms with van der Waals surface area (Å²) >= 11 is 0. The van der Waals surface area contributed by atoms with Crippen molar-refractivity contribution < 1.29 is 101 Å². The van der Waals surface area contributed by atoms with Crippen LogP contribution in [-0.2, 0) is 36.8 Å². The molecule has 0 saturated carbocycles. The van der Waals surface area contributed by atoms with Gasteiger partial charge in [0.1, 0.15) is 29.5 Å². The van der Waals surface area contributed by atoms with E-state index in [0.717, 1.165) is 58.2 Å². The number of pyridine rings is 1. The highest BCUT2D eigenvalue weighted by Gasteiger charge is 2.57. The molecule has 0 radical (unpaired) electrons. The summed E-state index contributed by atoms with van der Waals surface area (Å²) in [6.07, 6.45) is -16.4. The number of aliphatic hydroxyl groups is 1. The summed E-state index contributed by atoms with van der Waals surface area (Å²) in [5, 5.41) is 32.7. The number of hydrogen-bond donors (Lipinski definition) is 7. The smallest absolute Gasteiger partial charge is 0.475 e. The highest BCUT2D eigenvalue weighted by atomic mass is 19.4. The van der Waals surface area contributed by atoms with Gasteiger partial charge in [0.05, 0.1) is 42.9 Å². The van der Waals surface area contributed by atoms with Crippen molar-refractivity contribution in [1.29, 1.82) is 0 Å². The number of nitrogens with one attached hydrogen (secondary N) is 5. The Morgan fingerprint density at radius 3 is 1.71 bits per heavy atom. The number of aromatic nitrogens is 3. The van der Waals surface area contributed by atoms with Crippen LogP contribution in [0.1, 0.15) is 69.3 Å². The number of anilines is 1. The minimum Gasteiger partial charge on any atom is -0.475 e. The molecule has 6 rings (SSSR count). The van der Waals surface area contributed by atoms with Crippen molar-refractivity contribution in [3.05, 3.63) is 101 Å². The van der Waals surface area contributed by atoms with E-state index in [1.807, 2.05) is 22.9 Å². The monoisotopic (exact) mass is 1210 g/mol. The van der Waals surface area contributed by atoms with Crippen LogP contribution in [0.3, 0.4) is 0 Å². The molecule has 2 aromatic carbocycles. The number of amides is 4. The first-order valence-corrected chi connectivity index (χ1v) is 25.0. The van der Waals surface area contributed by atoms with Gasteiger partial charge in [-0.2, -0.15) is 53.4 Å². The van der Waals surface area contributed by atoms with Crippen molar-refractivity contribution in [2.45, 2.75) is 115 Å². The zero-order valence-electron chi connectivity index (χ0n) is 45.2. The molecule has 0 aliphatic carbocycles. The van der Waals surface area contributed by atoms with Crippen LogP contribution in [0.25, 0.3) is 11.3 Å². The van der Waals surface area contributed by atoms with E-state index in [0.29, 0.717) is 68.0 Å². The van der Waals surface area contributed by atoms with Gasteiger partial charge in [-0.15, -0.1) is 0 Å².